The number of aromatic nitrogens is 2. The lowest BCUT2D eigenvalue weighted by molar-refractivity contribution is 0.597. The van der Waals surface area contributed by atoms with Crippen LogP contribution in [0.25, 0.3) is 5.69 Å². The largest absolute Gasteiger partial charge is 0.333 e. The zero-order chi connectivity index (χ0) is 13.3. The third-order valence-electron chi connectivity index (χ3n) is 2.27. The molecule has 0 unspecified atom stereocenters. The van der Waals surface area contributed by atoms with Gasteiger partial charge in [0.05, 0.1) is 5.69 Å². The van der Waals surface area contributed by atoms with Gasteiger partial charge in [0.1, 0.15) is 4.90 Å². The normalized spacial score (nSPS) is 11.4. The van der Waals surface area contributed by atoms with Crippen molar-refractivity contribution < 1.29 is 8.42 Å². The lowest BCUT2D eigenvalue weighted by Gasteiger charge is -2.08. The first kappa shape index (κ1) is 12.3. The molecule has 0 aliphatic carbocycles. The Morgan fingerprint density at radius 3 is 2.39 bits per heavy atom. The molecular weight excluding hydrogens is 258 g/mol. The molecule has 1 heterocycles. The summed E-state index contributed by atoms with van der Waals surface area (Å²) in [6.45, 7) is 0. The third kappa shape index (κ3) is 2.11. The Morgan fingerprint density at radius 1 is 1.11 bits per heavy atom. The van der Waals surface area contributed by atoms with Crippen molar-refractivity contribution in [2.75, 3.05) is 0 Å². The Kier molecular flexibility index (Phi) is 2.89. The summed E-state index contributed by atoms with van der Waals surface area (Å²) in [6, 6.07) is 6.62. The highest BCUT2D eigenvalue weighted by atomic mass is 32.2. The molecule has 0 amide bonds. The van der Waals surface area contributed by atoms with Crippen LogP contribution in [0.2, 0.25) is 0 Å². The first-order chi connectivity index (χ1) is 8.41. The van der Waals surface area contributed by atoms with Crippen molar-refractivity contribution in [1.82, 2.24) is 9.55 Å². The summed E-state index contributed by atoms with van der Waals surface area (Å²) in [5.74, 6) is 0. The number of hydrogen-bond acceptors (Lipinski definition) is 4. The van der Waals surface area contributed by atoms with Crippen LogP contribution < -0.4 is 16.4 Å². The molecule has 1 aromatic heterocycles. The highest BCUT2D eigenvalue weighted by Crippen LogP contribution is 2.15. The van der Waals surface area contributed by atoms with Gasteiger partial charge in [-0.15, -0.1) is 0 Å². The second-order valence-electron chi connectivity index (χ2n) is 3.47. The minimum Gasteiger partial charge on any atom is -0.314 e. The van der Waals surface area contributed by atoms with E-state index in [1.165, 1.54) is 30.5 Å². The maximum Gasteiger partial charge on any atom is 0.333 e. The highest BCUT2D eigenvalue weighted by molar-refractivity contribution is 7.89. The van der Waals surface area contributed by atoms with Crippen LogP contribution in [0.1, 0.15) is 0 Å². The summed E-state index contributed by atoms with van der Waals surface area (Å²) in [5.41, 5.74) is -1.46. The zero-order valence-corrected chi connectivity index (χ0v) is 9.85. The van der Waals surface area contributed by atoms with E-state index in [-0.39, 0.29) is 10.6 Å². The maximum atomic E-state index is 11.6. The van der Waals surface area contributed by atoms with Crippen LogP contribution in [0.15, 0.2) is 51.0 Å². The van der Waals surface area contributed by atoms with E-state index >= 15 is 0 Å². The van der Waals surface area contributed by atoms with Crippen molar-refractivity contribution in [3.05, 3.63) is 57.4 Å². The van der Waals surface area contributed by atoms with Crippen molar-refractivity contribution in [2.24, 2.45) is 5.14 Å². The summed E-state index contributed by atoms with van der Waals surface area (Å²) in [6.07, 6.45) is 1.18. The smallest absolute Gasteiger partial charge is 0.314 e. The Labute approximate surface area is 102 Å². The molecule has 8 heteroatoms. The van der Waals surface area contributed by atoms with Crippen LogP contribution in [-0.2, 0) is 10.0 Å². The van der Waals surface area contributed by atoms with Crippen molar-refractivity contribution in [3.8, 4) is 5.69 Å². The van der Waals surface area contributed by atoms with E-state index in [0.29, 0.717) is 4.57 Å². The van der Waals surface area contributed by atoms with E-state index in [4.69, 9.17) is 5.14 Å². The highest BCUT2D eigenvalue weighted by Gasteiger charge is 2.16. The number of rotatable bonds is 2. The molecule has 0 spiro atoms. The molecule has 2 aromatic rings. The quantitative estimate of drug-likeness (QED) is 0.739. The number of H-pyrrole nitrogens is 1. The molecule has 0 fully saturated rings. The standard InChI is InChI=1S/C10H9N3O4S/c11-18(16,17)8-4-2-1-3-7(8)13-9(14)5-6-12-10(13)15/h1-6H,(H,12,15)(H2,11,16,17). The SMILES string of the molecule is NS(=O)(=O)c1ccccc1-n1c(=O)cc[nH]c1=O. The number of nitrogens with one attached hydrogen (secondary N) is 1. The predicted octanol–water partition coefficient (Wildman–Crippen LogP) is -0.827. The predicted molar refractivity (Wildman–Crippen MR) is 64.0 cm³/mol. The summed E-state index contributed by atoms with van der Waals surface area (Å²) in [4.78, 5) is 25.2. The molecule has 0 radical (unpaired) electrons. The van der Waals surface area contributed by atoms with Gasteiger partial charge in [0.2, 0.25) is 10.0 Å². The third-order valence-corrected chi connectivity index (χ3v) is 3.23. The van der Waals surface area contributed by atoms with Gasteiger partial charge in [-0.05, 0) is 12.1 Å². The van der Waals surface area contributed by atoms with E-state index < -0.39 is 21.3 Å². The van der Waals surface area contributed by atoms with Crippen LogP contribution in [0, 0.1) is 0 Å². The molecule has 0 aliphatic heterocycles. The van der Waals surface area contributed by atoms with E-state index in [1.54, 1.807) is 0 Å². The minimum absolute atomic E-state index is 0.0770. The van der Waals surface area contributed by atoms with Crippen molar-refractivity contribution in [1.29, 1.82) is 0 Å². The van der Waals surface area contributed by atoms with Crippen LogP contribution in [0.3, 0.4) is 0 Å². The molecule has 7 nitrogen and oxygen atoms in total. The Balaban J connectivity index is 2.90. The molecule has 0 atom stereocenters. The summed E-state index contributed by atoms with van der Waals surface area (Å²) < 4.78 is 23.5. The number of sulfonamides is 1. The molecule has 0 aliphatic rings. The molecule has 1 aromatic carbocycles. The van der Waals surface area contributed by atoms with Crippen molar-refractivity contribution >= 4 is 10.0 Å². The van der Waals surface area contributed by atoms with Gasteiger partial charge < -0.3 is 4.98 Å². The van der Waals surface area contributed by atoms with Gasteiger partial charge in [-0.3, -0.25) is 4.79 Å². The van der Waals surface area contributed by atoms with Gasteiger partial charge in [-0.2, -0.15) is 0 Å². The van der Waals surface area contributed by atoms with Gasteiger partial charge >= 0.3 is 5.69 Å². The molecule has 2 rings (SSSR count). The molecule has 0 saturated heterocycles. The fraction of sp³-hybridized carbons (Fsp3) is 0. The number of primary sulfonamides is 1. The van der Waals surface area contributed by atoms with E-state index in [0.717, 1.165) is 6.07 Å². The number of nitrogens with two attached hydrogens (primary N) is 1. The van der Waals surface area contributed by atoms with Crippen molar-refractivity contribution in [3.63, 3.8) is 0 Å². The lowest BCUT2D eigenvalue weighted by atomic mass is 10.3. The van der Waals surface area contributed by atoms with Crippen LogP contribution in [0.4, 0.5) is 0 Å². The van der Waals surface area contributed by atoms with Gasteiger partial charge in [0.15, 0.2) is 0 Å². The van der Waals surface area contributed by atoms with E-state index in [2.05, 4.69) is 4.98 Å². The van der Waals surface area contributed by atoms with Crippen LogP contribution in [-0.4, -0.2) is 18.0 Å². The molecular formula is C10H9N3O4S. The average Bonchev–Trinajstić information content (AvgIpc) is 2.28. The molecule has 94 valence electrons. The Morgan fingerprint density at radius 2 is 1.78 bits per heavy atom. The number of nitrogens with zero attached hydrogens (tertiary/aromatic N) is 1. The van der Waals surface area contributed by atoms with E-state index in [9.17, 15) is 18.0 Å². The molecule has 0 bridgehead atoms. The topological polar surface area (TPSA) is 115 Å². The molecule has 0 saturated carbocycles. The fourth-order valence-corrected chi connectivity index (χ4v) is 2.25. The first-order valence-corrected chi connectivity index (χ1v) is 6.39. The summed E-state index contributed by atoms with van der Waals surface area (Å²) in [5, 5.41) is 5.04. The molecule has 3 N–H and O–H groups in total. The number of aromatic amines is 1. The first-order valence-electron chi connectivity index (χ1n) is 4.84. The van der Waals surface area contributed by atoms with Crippen LogP contribution >= 0.6 is 0 Å². The number of benzene rings is 1. The van der Waals surface area contributed by atoms with Gasteiger partial charge in [0.25, 0.3) is 5.56 Å². The Bertz CT molecular complexity index is 776. The van der Waals surface area contributed by atoms with Crippen molar-refractivity contribution in [2.45, 2.75) is 4.90 Å². The second-order valence-corrected chi connectivity index (χ2v) is 5.00. The number of para-hydroxylation sites is 1. The monoisotopic (exact) mass is 267 g/mol. The van der Waals surface area contributed by atoms with Gasteiger partial charge in [0, 0.05) is 12.3 Å². The second kappa shape index (κ2) is 4.24. The Hall–Kier alpha value is -2.19. The zero-order valence-electron chi connectivity index (χ0n) is 9.03. The average molecular weight is 267 g/mol. The number of hydrogen-bond donors (Lipinski definition) is 2. The van der Waals surface area contributed by atoms with Gasteiger partial charge in [-0.25, -0.2) is 22.9 Å². The van der Waals surface area contributed by atoms with E-state index in [1.807, 2.05) is 0 Å². The summed E-state index contributed by atoms with van der Waals surface area (Å²) >= 11 is 0. The maximum absolute atomic E-state index is 11.6. The fourth-order valence-electron chi connectivity index (χ4n) is 1.53. The van der Waals surface area contributed by atoms with Crippen LogP contribution in [0.5, 0.6) is 0 Å². The molecule has 18 heavy (non-hydrogen) atoms. The minimum atomic E-state index is -4.03. The summed E-state index contributed by atoms with van der Waals surface area (Å²) in [7, 11) is -4.03. The van der Waals surface area contributed by atoms with Gasteiger partial charge in [-0.1, -0.05) is 12.1 Å². The lowest BCUT2D eigenvalue weighted by Crippen LogP contribution is -2.33.